The highest BCUT2D eigenvalue weighted by Gasteiger charge is 2.27. The molecule has 1 aromatic heterocycles. The molecule has 0 radical (unpaired) electrons. The quantitative estimate of drug-likeness (QED) is 0.206. The molecule has 0 aliphatic carbocycles. The normalized spacial score (nSPS) is 11.4. The topological polar surface area (TPSA) is 122 Å². The molecule has 11 heteroatoms. The number of anilines is 2. The molecule has 4 aromatic rings. The van der Waals surface area contributed by atoms with Crippen LogP contribution in [0.25, 0.3) is 5.69 Å². The third kappa shape index (κ3) is 6.87. The van der Waals surface area contributed by atoms with Gasteiger partial charge in [-0.05, 0) is 93.1 Å². The van der Waals surface area contributed by atoms with Gasteiger partial charge >= 0.3 is 0 Å². The Labute approximate surface area is 245 Å². The average molecular weight is 588 g/mol. The number of nitrogens with zero attached hydrogens (tertiary/aromatic N) is 3. The number of hydrogen-bond donors (Lipinski definition) is 2. The zero-order chi connectivity index (χ0) is 30.4. The maximum absolute atomic E-state index is 13.7. The molecule has 2 N–H and O–H groups in total. The molecule has 10 nitrogen and oxygen atoms in total. The summed E-state index contributed by atoms with van der Waals surface area (Å²) in [6.45, 7) is 6.83. The van der Waals surface area contributed by atoms with Crippen molar-refractivity contribution in [2.75, 3.05) is 23.3 Å². The number of methoxy groups -OCH3 is 1. The number of rotatable bonds is 10. The average Bonchev–Trinajstić information content (AvgIpc) is 3.24. The fourth-order valence-corrected chi connectivity index (χ4v) is 5.95. The number of carbonyl (C=O) groups is 2. The van der Waals surface area contributed by atoms with Crippen molar-refractivity contribution in [2.45, 2.75) is 32.6 Å². The van der Waals surface area contributed by atoms with Gasteiger partial charge < -0.3 is 14.6 Å². The maximum atomic E-state index is 13.7. The van der Waals surface area contributed by atoms with Crippen molar-refractivity contribution in [3.8, 4) is 11.4 Å². The van der Waals surface area contributed by atoms with Crippen molar-refractivity contribution in [2.24, 2.45) is 5.10 Å². The number of ether oxygens (including phenoxy) is 1. The van der Waals surface area contributed by atoms with Crippen molar-refractivity contribution in [1.29, 1.82) is 0 Å². The van der Waals surface area contributed by atoms with Crippen LogP contribution in [0.5, 0.6) is 5.75 Å². The number of amides is 2. The van der Waals surface area contributed by atoms with E-state index in [1.807, 2.05) is 45.0 Å². The second-order valence-electron chi connectivity index (χ2n) is 9.71. The molecule has 3 aromatic carbocycles. The summed E-state index contributed by atoms with van der Waals surface area (Å²) in [6.07, 6.45) is 1.54. The fraction of sp³-hybridized carbons (Fsp3) is 0.194. The molecular weight excluding hydrogens is 554 g/mol. The summed E-state index contributed by atoms with van der Waals surface area (Å²) >= 11 is 0. The second-order valence-corrected chi connectivity index (χ2v) is 11.6. The van der Waals surface area contributed by atoms with Gasteiger partial charge in [0.25, 0.3) is 15.9 Å². The number of hydrogen-bond acceptors (Lipinski definition) is 6. The molecule has 0 saturated carbocycles. The van der Waals surface area contributed by atoms with E-state index in [0.717, 1.165) is 32.5 Å². The summed E-state index contributed by atoms with van der Waals surface area (Å²) in [5.41, 5.74) is 8.11. The summed E-state index contributed by atoms with van der Waals surface area (Å²) in [6, 6.07) is 22.1. The Morgan fingerprint density at radius 2 is 1.67 bits per heavy atom. The lowest BCUT2D eigenvalue weighted by Crippen LogP contribution is -2.39. The molecule has 0 unspecified atom stereocenters. The second kappa shape index (κ2) is 12.7. The predicted octanol–water partition coefficient (Wildman–Crippen LogP) is 4.72. The minimum Gasteiger partial charge on any atom is -0.497 e. The van der Waals surface area contributed by atoms with Gasteiger partial charge in [-0.15, -0.1) is 0 Å². The van der Waals surface area contributed by atoms with E-state index in [1.165, 1.54) is 38.3 Å². The van der Waals surface area contributed by atoms with E-state index in [4.69, 9.17) is 4.74 Å². The summed E-state index contributed by atoms with van der Waals surface area (Å²) in [5.74, 6) is -0.374. The van der Waals surface area contributed by atoms with Crippen molar-refractivity contribution in [3.63, 3.8) is 0 Å². The van der Waals surface area contributed by atoms with Gasteiger partial charge in [-0.25, -0.2) is 13.8 Å². The SMILES string of the molecule is COc1ccc(N(CC(=O)N/N=C/c2cc(C)n(-c3cccc(C)c3)c2C)S(=O)(=O)c2ccc(NC(C)=O)cc2)cc1. The van der Waals surface area contributed by atoms with Crippen LogP contribution in [0.1, 0.15) is 29.4 Å². The van der Waals surface area contributed by atoms with Gasteiger partial charge in [-0.2, -0.15) is 5.10 Å². The first-order chi connectivity index (χ1) is 20.0. The Bertz CT molecular complexity index is 1730. The third-order valence-corrected chi connectivity index (χ3v) is 8.32. The number of carbonyl (C=O) groups excluding carboxylic acids is 2. The van der Waals surface area contributed by atoms with Crippen molar-refractivity contribution in [1.82, 2.24) is 9.99 Å². The molecule has 0 saturated heterocycles. The molecule has 42 heavy (non-hydrogen) atoms. The molecule has 1 heterocycles. The summed E-state index contributed by atoms with van der Waals surface area (Å²) in [7, 11) is -2.67. The number of aryl methyl sites for hydroxylation is 2. The van der Waals surface area contributed by atoms with E-state index >= 15 is 0 Å². The van der Waals surface area contributed by atoms with E-state index in [9.17, 15) is 18.0 Å². The largest absolute Gasteiger partial charge is 0.497 e. The van der Waals surface area contributed by atoms with Crippen LogP contribution in [0.2, 0.25) is 0 Å². The first-order valence-corrected chi connectivity index (χ1v) is 14.6. The van der Waals surface area contributed by atoms with Crippen LogP contribution in [-0.4, -0.2) is 44.7 Å². The van der Waals surface area contributed by atoms with Crippen molar-refractivity contribution < 1.29 is 22.7 Å². The van der Waals surface area contributed by atoms with Gasteiger partial charge in [0.15, 0.2) is 0 Å². The molecule has 218 valence electrons. The summed E-state index contributed by atoms with van der Waals surface area (Å²) in [5, 5.41) is 6.72. The van der Waals surface area contributed by atoms with Crippen LogP contribution in [-0.2, 0) is 19.6 Å². The molecule has 0 aliphatic heterocycles. The van der Waals surface area contributed by atoms with Crippen LogP contribution in [0.3, 0.4) is 0 Å². The monoisotopic (exact) mass is 587 g/mol. The molecule has 0 bridgehead atoms. The first kappa shape index (κ1) is 30.1. The van der Waals surface area contributed by atoms with E-state index in [2.05, 4.69) is 26.5 Å². The Balaban J connectivity index is 1.56. The third-order valence-electron chi connectivity index (χ3n) is 6.53. The van der Waals surface area contributed by atoms with Crippen LogP contribution < -0.4 is 19.8 Å². The smallest absolute Gasteiger partial charge is 0.264 e. The van der Waals surface area contributed by atoms with E-state index < -0.39 is 22.5 Å². The van der Waals surface area contributed by atoms with Gasteiger partial charge in [0, 0.05) is 35.2 Å². The highest BCUT2D eigenvalue weighted by atomic mass is 32.2. The predicted molar refractivity (Wildman–Crippen MR) is 164 cm³/mol. The zero-order valence-electron chi connectivity index (χ0n) is 24.1. The number of benzene rings is 3. The maximum Gasteiger partial charge on any atom is 0.264 e. The number of hydrazone groups is 1. The van der Waals surface area contributed by atoms with Gasteiger partial charge in [0.1, 0.15) is 12.3 Å². The molecule has 0 aliphatic rings. The molecule has 0 atom stereocenters. The standard InChI is InChI=1S/C31H33N5O5S/c1-21-7-6-8-28(17-21)36-22(2)18-25(23(36)3)19-32-34-31(38)20-35(27-11-13-29(41-5)14-12-27)42(39,40)30-15-9-26(10-16-30)33-24(4)37/h6-19H,20H2,1-5H3,(H,33,37)(H,34,38)/b32-19+. The Morgan fingerprint density at radius 1 is 0.976 bits per heavy atom. The zero-order valence-corrected chi connectivity index (χ0v) is 24.9. The van der Waals surface area contributed by atoms with Crippen LogP contribution in [0, 0.1) is 20.8 Å². The molecular formula is C31H33N5O5S. The van der Waals surface area contributed by atoms with Gasteiger partial charge in [-0.1, -0.05) is 12.1 Å². The number of nitrogens with one attached hydrogen (secondary N) is 2. The lowest BCUT2D eigenvalue weighted by Gasteiger charge is -2.24. The van der Waals surface area contributed by atoms with Gasteiger partial charge in [0.2, 0.25) is 5.91 Å². The van der Waals surface area contributed by atoms with E-state index in [0.29, 0.717) is 11.4 Å². The Hall–Kier alpha value is -4.90. The number of sulfonamides is 1. The Morgan fingerprint density at radius 3 is 2.29 bits per heavy atom. The lowest BCUT2D eigenvalue weighted by molar-refractivity contribution is -0.119. The van der Waals surface area contributed by atoms with Crippen LogP contribution in [0.4, 0.5) is 11.4 Å². The first-order valence-electron chi connectivity index (χ1n) is 13.1. The lowest BCUT2D eigenvalue weighted by atomic mass is 10.2. The molecule has 4 rings (SSSR count). The highest BCUT2D eigenvalue weighted by Crippen LogP contribution is 2.27. The van der Waals surface area contributed by atoms with Crippen molar-refractivity contribution in [3.05, 3.63) is 101 Å². The summed E-state index contributed by atoms with van der Waals surface area (Å²) in [4.78, 5) is 24.3. The van der Waals surface area contributed by atoms with Crippen LogP contribution in [0.15, 0.2) is 88.9 Å². The van der Waals surface area contributed by atoms with E-state index in [1.54, 1.807) is 30.5 Å². The minimum atomic E-state index is -4.17. The van der Waals surface area contributed by atoms with Crippen LogP contribution >= 0.6 is 0 Å². The molecule has 0 fully saturated rings. The van der Waals surface area contributed by atoms with Gasteiger partial charge in [0.05, 0.1) is 23.9 Å². The Kier molecular flexibility index (Phi) is 9.12. The summed E-state index contributed by atoms with van der Waals surface area (Å²) < 4.78 is 35.7. The van der Waals surface area contributed by atoms with Gasteiger partial charge in [-0.3, -0.25) is 13.9 Å². The fourth-order valence-electron chi connectivity index (χ4n) is 4.53. The van der Waals surface area contributed by atoms with E-state index in [-0.39, 0.29) is 16.5 Å². The molecule has 0 spiro atoms. The van der Waals surface area contributed by atoms with Crippen molar-refractivity contribution >= 4 is 39.4 Å². The minimum absolute atomic E-state index is 0.0488. The number of aromatic nitrogens is 1. The molecule has 2 amide bonds. The highest BCUT2D eigenvalue weighted by molar-refractivity contribution is 7.92.